The highest BCUT2D eigenvalue weighted by atomic mass is 16.2. The molecule has 0 spiro atoms. The van der Waals surface area contributed by atoms with Crippen LogP contribution in [-0.2, 0) is 16.1 Å². The third-order valence-corrected chi connectivity index (χ3v) is 4.37. The van der Waals surface area contributed by atoms with Gasteiger partial charge in [-0.25, -0.2) is 0 Å². The summed E-state index contributed by atoms with van der Waals surface area (Å²) < 4.78 is 0. The van der Waals surface area contributed by atoms with E-state index in [2.05, 4.69) is 29.6 Å². The Morgan fingerprint density at radius 3 is 2.54 bits per heavy atom. The van der Waals surface area contributed by atoms with Crippen molar-refractivity contribution < 1.29 is 9.59 Å². The van der Waals surface area contributed by atoms with Gasteiger partial charge in [0.2, 0.25) is 11.8 Å². The molecule has 1 heterocycles. The SMILES string of the molecule is NCC(=O)NCC(=O)N1Cc2ccccc2C(c2ccccc2)C1. The first-order chi connectivity index (χ1) is 11.7. The minimum atomic E-state index is -0.319. The molecule has 2 aromatic carbocycles. The number of carbonyl (C=O) groups excluding carboxylic acids is 2. The fourth-order valence-electron chi connectivity index (χ4n) is 3.13. The minimum absolute atomic E-state index is 0.0142. The Balaban J connectivity index is 1.83. The second-order valence-electron chi connectivity index (χ2n) is 5.92. The smallest absolute Gasteiger partial charge is 0.242 e. The van der Waals surface area contributed by atoms with Crippen LogP contribution in [0.5, 0.6) is 0 Å². The lowest BCUT2D eigenvalue weighted by molar-refractivity contribution is -0.133. The van der Waals surface area contributed by atoms with E-state index in [1.807, 2.05) is 30.3 Å². The Hall–Kier alpha value is -2.66. The summed E-state index contributed by atoms with van der Waals surface area (Å²) in [7, 11) is 0. The molecule has 5 heteroatoms. The normalized spacial score (nSPS) is 16.4. The van der Waals surface area contributed by atoms with Gasteiger partial charge in [0.1, 0.15) is 0 Å². The predicted octanol–water partition coefficient (Wildman–Crippen LogP) is 1.24. The zero-order chi connectivity index (χ0) is 16.9. The number of hydrogen-bond acceptors (Lipinski definition) is 3. The van der Waals surface area contributed by atoms with Gasteiger partial charge in [-0.2, -0.15) is 0 Å². The van der Waals surface area contributed by atoms with Gasteiger partial charge in [0.05, 0.1) is 13.1 Å². The molecule has 5 nitrogen and oxygen atoms in total. The molecule has 0 bridgehead atoms. The summed E-state index contributed by atoms with van der Waals surface area (Å²) in [4.78, 5) is 25.6. The van der Waals surface area contributed by atoms with E-state index < -0.39 is 0 Å². The Morgan fingerprint density at radius 2 is 1.79 bits per heavy atom. The van der Waals surface area contributed by atoms with Gasteiger partial charge in [0.25, 0.3) is 0 Å². The monoisotopic (exact) mass is 323 g/mol. The van der Waals surface area contributed by atoms with Gasteiger partial charge in [-0.05, 0) is 16.7 Å². The molecule has 1 unspecified atom stereocenters. The quantitative estimate of drug-likeness (QED) is 0.889. The van der Waals surface area contributed by atoms with E-state index >= 15 is 0 Å². The molecule has 2 aromatic rings. The Labute approximate surface area is 141 Å². The van der Waals surface area contributed by atoms with Crippen LogP contribution in [0.4, 0.5) is 0 Å². The predicted molar refractivity (Wildman–Crippen MR) is 92.2 cm³/mol. The fraction of sp³-hybridized carbons (Fsp3) is 0.263. The standard InChI is InChI=1S/C19H21N3O2/c20-10-18(23)21-11-19(24)22-12-15-8-4-5-9-16(15)17(13-22)14-6-2-1-3-7-14/h1-9,17H,10-13,20H2,(H,21,23). The van der Waals surface area contributed by atoms with Gasteiger partial charge in [-0.1, -0.05) is 54.6 Å². The number of carbonyl (C=O) groups is 2. The van der Waals surface area contributed by atoms with Crippen molar-refractivity contribution >= 4 is 11.8 Å². The molecule has 0 saturated heterocycles. The number of benzene rings is 2. The Morgan fingerprint density at radius 1 is 1.08 bits per heavy atom. The molecule has 1 atom stereocenters. The average Bonchev–Trinajstić information content (AvgIpc) is 2.65. The first-order valence-electron chi connectivity index (χ1n) is 8.06. The van der Waals surface area contributed by atoms with E-state index in [0.29, 0.717) is 13.1 Å². The highest BCUT2D eigenvalue weighted by molar-refractivity contribution is 5.85. The molecule has 2 amide bonds. The second-order valence-corrected chi connectivity index (χ2v) is 5.92. The van der Waals surface area contributed by atoms with Crippen LogP contribution >= 0.6 is 0 Å². The Bertz CT molecular complexity index is 730. The first kappa shape index (κ1) is 16.2. The summed E-state index contributed by atoms with van der Waals surface area (Å²) >= 11 is 0. The van der Waals surface area contributed by atoms with Gasteiger partial charge >= 0.3 is 0 Å². The molecular formula is C19H21N3O2. The molecule has 3 N–H and O–H groups in total. The molecule has 1 aliphatic heterocycles. The maximum Gasteiger partial charge on any atom is 0.242 e. The van der Waals surface area contributed by atoms with Crippen LogP contribution in [0, 0.1) is 0 Å². The highest BCUT2D eigenvalue weighted by Gasteiger charge is 2.28. The molecule has 0 saturated carbocycles. The summed E-state index contributed by atoms with van der Waals surface area (Å²) in [5, 5.41) is 2.55. The molecule has 24 heavy (non-hydrogen) atoms. The summed E-state index contributed by atoms with van der Waals surface area (Å²) in [6.07, 6.45) is 0. The van der Waals surface area contributed by atoms with Crippen molar-refractivity contribution in [2.45, 2.75) is 12.5 Å². The molecular weight excluding hydrogens is 302 g/mol. The minimum Gasteiger partial charge on any atom is -0.346 e. The third-order valence-electron chi connectivity index (χ3n) is 4.37. The zero-order valence-electron chi connectivity index (χ0n) is 13.4. The lowest BCUT2D eigenvalue weighted by Gasteiger charge is -2.35. The number of fused-ring (bicyclic) bond motifs is 1. The van der Waals surface area contributed by atoms with Crippen molar-refractivity contribution in [1.82, 2.24) is 10.2 Å². The van der Waals surface area contributed by atoms with Crippen LogP contribution in [0.3, 0.4) is 0 Å². The summed E-state index contributed by atoms with van der Waals surface area (Å²) in [5.74, 6) is -0.266. The van der Waals surface area contributed by atoms with Crippen LogP contribution in [0.1, 0.15) is 22.6 Å². The van der Waals surface area contributed by atoms with Crippen molar-refractivity contribution in [3.8, 4) is 0 Å². The van der Waals surface area contributed by atoms with Gasteiger partial charge in [-0.3, -0.25) is 9.59 Å². The summed E-state index contributed by atoms with van der Waals surface area (Å²) in [5.41, 5.74) is 8.86. The number of rotatable bonds is 4. The number of nitrogens with one attached hydrogen (secondary N) is 1. The average molecular weight is 323 g/mol. The van der Waals surface area contributed by atoms with Gasteiger partial charge < -0.3 is 16.0 Å². The number of nitrogens with two attached hydrogens (primary N) is 1. The van der Waals surface area contributed by atoms with Crippen LogP contribution in [0.15, 0.2) is 54.6 Å². The third kappa shape index (κ3) is 3.46. The molecule has 0 aromatic heterocycles. The lowest BCUT2D eigenvalue weighted by atomic mass is 9.84. The van der Waals surface area contributed by atoms with Crippen molar-refractivity contribution in [2.75, 3.05) is 19.6 Å². The molecule has 124 valence electrons. The number of nitrogens with zero attached hydrogens (tertiary/aromatic N) is 1. The Kier molecular flexibility index (Phi) is 4.91. The van der Waals surface area contributed by atoms with E-state index in [1.165, 1.54) is 11.1 Å². The first-order valence-corrected chi connectivity index (χ1v) is 8.06. The molecule has 1 aliphatic rings. The molecule has 0 fully saturated rings. The van der Waals surface area contributed by atoms with E-state index in [0.717, 1.165) is 5.56 Å². The van der Waals surface area contributed by atoms with Crippen molar-refractivity contribution in [2.24, 2.45) is 5.73 Å². The van der Waals surface area contributed by atoms with Gasteiger partial charge in [-0.15, -0.1) is 0 Å². The van der Waals surface area contributed by atoms with Crippen LogP contribution < -0.4 is 11.1 Å². The van der Waals surface area contributed by atoms with Crippen LogP contribution in [-0.4, -0.2) is 36.3 Å². The number of hydrogen-bond donors (Lipinski definition) is 2. The maximum atomic E-state index is 12.5. The topological polar surface area (TPSA) is 75.4 Å². The number of amides is 2. The highest BCUT2D eigenvalue weighted by Crippen LogP contribution is 2.33. The second kappa shape index (κ2) is 7.27. The molecule has 0 aliphatic carbocycles. The van der Waals surface area contributed by atoms with Crippen molar-refractivity contribution in [3.05, 3.63) is 71.3 Å². The fourth-order valence-corrected chi connectivity index (χ4v) is 3.13. The largest absolute Gasteiger partial charge is 0.346 e. The van der Waals surface area contributed by atoms with E-state index in [-0.39, 0.29) is 30.8 Å². The van der Waals surface area contributed by atoms with Crippen LogP contribution in [0.25, 0.3) is 0 Å². The molecule has 0 radical (unpaired) electrons. The van der Waals surface area contributed by atoms with Crippen molar-refractivity contribution in [1.29, 1.82) is 0 Å². The maximum absolute atomic E-state index is 12.5. The van der Waals surface area contributed by atoms with Gasteiger partial charge in [0, 0.05) is 19.0 Å². The summed E-state index contributed by atoms with van der Waals surface area (Å²) in [6.45, 7) is 1.05. The zero-order valence-corrected chi connectivity index (χ0v) is 13.4. The summed E-state index contributed by atoms with van der Waals surface area (Å²) in [6, 6.07) is 18.4. The van der Waals surface area contributed by atoms with Crippen LogP contribution in [0.2, 0.25) is 0 Å². The molecule has 3 rings (SSSR count). The van der Waals surface area contributed by atoms with E-state index in [4.69, 9.17) is 5.73 Å². The van der Waals surface area contributed by atoms with Crippen molar-refractivity contribution in [3.63, 3.8) is 0 Å². The van der Waals surface area contributed by atoms with E-state index in [9.17, 15) is 9.59 Å². The van der Waals surface area contributed by atoms with E-state index in [1.54, 1.807) is 4.90 Å². The lowest BCUT2D eigenvalue weighted by Crippen LogP contribution is -2.45. The van der Waals surface area contributed by atoms with Gasteiger partial charge in [0.15, 0.2) is 0 Å².